The summed E-state index contributed by atoms with van der Waals surface area (Å²) in [5, 5.41) is 10.6. The number of carbonyl (C=O) groups excluding carboxylic acids is 1. The summed E-state index contributed by atoms with van der Waals surface area (Å²) in [5.41, 5.74) is 0.984. The first-order valence-corrected chi connectivity index (χ1v) is 7.80. The van der Waals surface area contributed by atoms with Crippen LogP contribution in [-0.2, 0) is 14.6 Å². The van der Waals surface area contributed by atoms with Gasteiger partial charge in [0.25, 0.3) is 0 Å². The van der Waals surface area contributed by atoms with E-state index < -0.39 is 9.84 Å². The molecule has 0 atom stereocenters. The number of rotatable bonds is 7. The van der Waals surface area contributed by atoms with Gasteiger partial charge < -0.3 is 0 Å². The van der Waals surface area contributed by atoms with Crippen molar-refractivity contribution in [2.45, 2.75) is 18.7 Å². The molecule has 0 unspecified atom stereocenters. The van der Waals surface area contributed by atoms with Gasteiger partial charge in [0.05, 0.1) is 10.3 Å². The summed E-state index contributed by atoms with van der Waals surface area (Å²) >= 11 is 0. The van der Waals surface area contributed by atoms with Gasteiger partial charge in [-0.05, 0) is 36.4 Å². The lowest BCUT2D eigenvalue weighted by Crippen LogP contribution is -2.14. The Morgan fingerprint density at radius 1 is 1.19 bits per heavy atom. The molecular weight excluding hydrogens is 292 g/mol. The fourth-order valence-electron chi connectivity index (χ4n) is 1.28. The summed E-state index contributed by atoms with van der Waals surface area (Å²) in [4.78, 5) is 10.7. The number of amides is 1. The Morgan fingerprint density at radius 2 is 1.81 bits per heavy atom. The van der Waals surface area contributed by atoms with Crippen molar-refractivity contribution in [1.82, 2.24) is 10.0 Å². The third-order valence-electron chi connectivity index (χ3n) is 2.55. The molecule has 21 heavy (non-hydrogen) atoms. The van der Waals surface area contributed by atoms with E-state index in [2.05, 4.69) is 10.4 Å². The molecule has 1 rings (SSSR count). The van der Waals surface area contributed by atoms with Crippen LogP contribution in [-0.4, -0.2) is 38.4 Å². The summed E-state index contributed by atoms with van der Waals surface area (Å²) in [7, 11) is -2.01. The summed E-state index contributed by atoms with van der Waals surface area (Å²) < 4.78 is 24.1. The highest BCUT2D eigenvalue weighted by molar-refractivity contribution is 7.94. The quantitative estimate of drug-likeness (QED) is 0.438. The minimum atomic E-state index is -3.53. The molecule has 0 heterocycles. The van der Waals surface area contributed by atoms with Gasteiger partial charge in [0, 0.05) is 19.8 Å². The van der Waals surface area contributed by atoms with Gasteiger partial charge in [0.2, 0.25) is 16.2 Å². The van der Waals surface area contributed by atoms with E-state index in [1.807, 2.05) is 6.92 Å². The molecular formula is C13H18N4O3S. The van der Waals surface area contributed by atoms with Crippen molar-refractivity contribution in [2.24, 2.45) is 10.4 Å². The summed E-state index contributed by atoms with van der Waals surface area (Å²) in [6.45, 7) is 4.00. The molecule has 0 aliphatic carbocycles. The monoisotopic (exact) mass is 310 g/mol. The molecule has 1 aromatic rings. The van der Waals surface area contributed by atoms with Crippen molar-refractivity contribution in [3.05, 3.63) is 41.4 Å². The molecule has 0 N–H and O–H groups in total. The van der Waals surface area contributed by atoms with Crippen LogP contribution in [0.5, 0.6) is 0 Å². The zero-order chi connectivity index (χ0) is 15.9. The second-order valence-corrected chi connectivity index (χ2v) is 6.09. The number of carbonyl (C=O) groups is 1. The Hall–Kier alpha value is -2.22. The number of benzene rings is 1. The van der Waals surface area contributed by atoms with Crippen LogP contribution in [0.25, 0.3) is 0 Å². The minimum Gasteiger partial charge on any atom is -0.277 e. The topological polar surface area (TPSA) is 82.4 Å². The van der Waals surface area contributed by atoms with Crippen LogP contribution in [0.15, 0.2) is 51.2 Å². The fourth-order valence-corrected chi connectivity index (χ4v) is 2.29. The van der Waals surface area contributed by atoms with Gasteiger partial charge in [-0.3, -0.25) is 9.80 Å². The van der Waals surface area contributed by atoms with Crippen LogP contribution in [0.1, 0.15) is 12.5 Å². The van der Waals surface area contributed by atoms with E-state index in [4.69, 9.17) is 0 Å². The van der Waals surface area contributed by atoms with Crippen LogP contribution in [0.3, 0.4) is 0 Å². The standard InChI is InChI=1S/C13H18N4O3S/c1-4-17(11-18)15-14-16(3)9-10-21(19,20)13-7-5-12(2)6-8-13/h5-11H,4H2,1-3H3/b10-9+,15-14-. The SMILES string of the molecule is CCN(C=O)/N=N\N(C)/C=C/S(=O)(=O)c1ccc(C)cc1. The molecule has 0 bridgehead atoms. The first-order chi connectivity index (χ1) is 9.89. The summed E-state index contributed by atoms with van der Waals surface area (Å²) in [6.07, 6.45) is 1.79. The predicted octanol–water partition coefficient (Wildman–Crippen LogP) is 1.93. The highest BCUT2D eigenvalue weighted by Crippen LogP contribution is 2.13. The first-order valence-electron chi connectivity index (χ1n) is 6.25. The molecule has 0 fully saturated rings. The molecule has 0 aliphatic heterocycles. The summed E-state index contributed by atoms with van der Waals surface area (Å²) in [5.74, 6) is 0. The van der Waals surface area contributed by atoms with Crippen LogP contribution in [0, 0.1) is 6.92 Å². The van der Waals surface area contributed by atoms with E-state index in [0.29, 0.717) is 13.0 Å². The maximum atomic E-state index is 12.0. The van der Waals surface area contributed by atoms with Crippen LogP contribution >= 0.6 is 0 Å². The van der Waals surface area contributed by atoms with Crippen LogP contribution in [0.2, 0.25) is 0 Å². The number of sulfone groups is 1. The second kappa shape index (κ2) is 7.53. The van der Waals surface area contributed by atoms with Gasteiger partial charge in [-0.25, -0.2) is 13.4 Å². The van der Waals surface area contributed by atoms with Crippen molar-refractivity contribution in [2.75, 3.05) is 13.6 Å². The average molecular weight is 310 g/mol. The Kier molecular flexibility index (Phi) is 6.04. The highest BCUT2D eigenvalue weighted by Gasteiger charge is 2.09. The Balaban J connectivity index is 2.78. The normalized spacial score (nSPS) is 12.0. The average Bonchev–Trinajstić information content (AvgIpc) is 2.47. The number of hydrogen-bond donors (Lipinski definition) is 0. The van der Waals surface area contributed by atoms with Gasteiger partial charge in [-0.2, -0.15) is 0 Å². The molecule has 8 heteroatoms. The summed E-state index contributed by atoms with van der Waals surface area (Å²) in [6, 6.07) is 6.55. The largest absolute Gasteiger partial charge is 0.277 e. The van der Waals surface area contributed by atoms with Crippen LogP contribution in [0.4, 0.5) is 0 Å². The Labute approximate surface area is 124 Å². The molecule has 0 radical (unpaired) electrons. The van der Waals surface area contributed by atoms with E-state index in [9.17, 15) is 13.2 Å². The van der Waals surface area contributed by atoms with E-state index >= 15 is 0 Å². The lowest BCUT2D eigenvalue weighted by molar-refractivity contribution is -0.118. The molecule has 1 amide bonds. The van der Waals surface area contributed by atoms with Crippen LogP contribution < -0.4 is 0 Å². The van der Waals surface area contributed by atoms with Gasteiger partial charge in [-0.15, -0.1) is 0 Å². The smallest absolute Gasteiger partial charge is 0.231 e. The zero-order valence-corrected chi connectivity index (χ0v) is 13.0. The molecule has 7 nitrogen and oxygen atoms in total. The van der Waals surface area contributed by atoms with Crippen molar-refractivity contribution in [1.29, 1.82) is 0 Å². The lowest BCUT2D eigenvalue weighted by Gasteiger charge is -2.08. The lowest BCUT2D eigenvalue weighted by atomic mass is 10.2. The number of aryl methyl sites for hydroxylation is 1. The molecule has 0 spiro atoms. The third-order valence-corrected chi connectivity index (χ3v) is 3.96. The fraction of sp³-hybridized carbons (Fsp3) is 0.308. The van der Waals surface area contributed by atoms with Crippen molar-refractivity contribution in [3.63, 3.8) is 0 Å². The number of nitrogens with zero attached hydrogens (tertiary/aromatic N) is 4. The van der Waals surface area contributed by atoms with E-state index in [0.717, 1.165) is 16.0 Å². The third kappa shape index (κ3) is 5.35. The molecule has 1 aromatic carbocycles. The van der Waals surface area contributed by atoms with Crippen molar-refractivity contribution >= 4 is 16.2 Å². The maximum absolute atomic E-state index is 12.0. The zero-order valence-electron chi connectivity index (χ0n) is 12.2. The van der Waals surface area contributed by atoms with Gasteiger partial charge in [-0.1, -0.05) is 17.7 Å². The Morgan fingerprint density at radius 3 is 2.33 bits per heavy atom. The van der Waals surface area contributed by atoms with E-state index in [-0.39, 0.29) is 4.90 Å². The van der Waals surface area contributed by atoms with Gasteiger partial charge >= 0.3 is 0 Å². The molecule has 0 aromatic heterocycles. The van der Waals surface area contributed by atoms with E-state index in [1.165, 1.54) is 18.3 Å². The Bertz CT molecular complexity index is 623. The maximum Gasteiger partial charge on any atom is 0.231 e. The van der Waals surface area contributed by atoms with Crippen molar-refractivity contribution in [3.8, 4) is 0 Å². The number of hydrogen-bond acceptors (Lipinski definition) is 5. The molecule has 0 aliphatic rings. The first kappa shape index (κ1) is 16.8. The second-order valence-electron chi connectivity index (χ2n) is 4.26. The predicted molar refractivity (Wildman–Crippen MR) is 78.6 cm³/mol. The molecule has 0 saturated carbocycles. The van der Waals surface area contributed by atoms with Gasteiger partial charge in [0.15, 0.2) is 0 Å². The minimum absolute atomic E-state index is 0.206. The highest BCUT2D eigenvalue weighted by atomic mass is 32.2. The van der Waals surface area contributed by atoms with E-state index in [1.54, 1.807) is 31.2 Å². The van der Waals surface area contributed by atoms with Crippen molar-refractivity contribution < 1.29 is 13.2 Å². The van der Waals surface area contributed by atoms with Gasteiger partial charge in [0.1, 0.15) is 0 Å². The molecule has 114 valence electrons. The molecule has 0 saturated heterocycles.